The number of nitrogen functional groups attached to an aromatic ring is 1. The van der Waals surface area contributed by atoms with E-state index in [1.807, 2.05) is 18.2 Å². The molecule has 0 spiro atoms. The van der Waals surface area contributed by atoms with Gasteiger partial charge in [-0.2, -0.15) is 0 Å². The molecule has 120 valence electrons. The van der Waals surface area contributed by atoms with Crippen molar-refractivity contribution >= 4 is 17.3 Å². The summed E-state index contributed by atoms with van der Waals surface area (Å²) < 4.78 is 10.9. The number of hydrogen-bond acceptors (Lipinski definition) is 4. The van der Waals surface area contributed by atoms with Crippen molar-refractivity contribution in [1.29, 1.82) is 0 Å². The molecule has 2 aromatic rings. The van der Waals surface area contributed by atoms with Crippen LogP contribution in [0.5, 0.6) is 5.75 Å². The highest BCUT2D eigenvalue weighted by Crippen LogP contribution is 2.30. The van der Waals surface area contributed by atoms with Crippen molar-refractivity contribution in [2.24, 2.45) is 0 Å². The maximum Gasteiger partial charge on any atom is 0.227 e. The van der Waals surface area contributed by atoms with E-state index in [0.717, 1.165) is 12.0 Å². The van der Waals surface area contributed by atoms with E-state index in [4.69, 9.17) is 15.2 Å². The third-order valence-corrected chi connectivity index (χ3v) is 4.00. The third kappa shape index (κ3) is 3.46. The first-order valence-corrected chi connectivity index (χ1v) is 7.60. The van der Waals surface area contributed by atoms with Gasteiger partial charge in [-0.15, -0.1) is 0 Å². The lowest BCUT2D eigenvalue weighted by molar-refractivity contribution is -0.119. The topological polar surface area (TPSA) is 73.6 Å². The van der Waals surface area contributed by atoms with Crippen LogP contribution in [-0.2, 0) is 16.0 Å². The van der Waals surface area contributed by atoms with E-state index in [0.29, 0.717) is 23.7 Å². The smallest absolute Gasteiger partial charge is 0.227 e. The van der Waals surface area contributed by atoms with Crippen molar-refractivity contribution in [2.45, 2.75) is 18.9 Å². The number of benzene rings is 2. The average Bonchev–Trinajstić information content (AvgIpc) is 2.57. The monoisotopic (exact) mass is 312 g/mol. The van der Waals surface area contributed by atoms with E-state index < -0.39 is 0 Å². The lowest BCUT2D eigenvalue weighted by Crippen LogP contribution is -2.22. The Labute approximate surface area is 135 Å². The van der Waals surface area contributed by atoms with Crippen LogP contribution in [0.2, 0.25) is 0 Å². The first-order chi connectivity index (χ1) is 11.2. The van der Waals surface area contributed by atoms with Crippen LogP contribution in [0.1, 0.15) is 23.7 Å². The van der Waals surface area contributed by atoms with Crippen LogP contribution in [-0.4, -0.2) is 19.6 Å². The van der Waals surface area contributed by atoms with Gasteiger partial charge in [0.25, 0.3) is 0 Å². The molecular formula is C18H20N2O3. The molecule has 0 fully saturated rings. The van der Waals surface area contributed by atoms with Crippen LogP contribution in [0.4, 0.5) is 11.4 Å². The van der Waals surface area contributed by atoms with Gasteiger partial charge in [0, 0.05) is 6.07 Å². The summed E-state index contributed by atoms with van der Waals surface area (Å²) in [6, 6.07) is 13.3. The van der Waals surface area contributed by atoms with Crippen molar-refractivity contribution < 1.29 is 14.3 Å². The molecule has 1 amide bonds. The zero-order valence-corrected chi connectivity index (χ0v) is 13.0. The van der Waals surface area contributed by atoms with Crippen molar-refractivity contribution in [3.63, 3.8) is 0 Å². The minimum atomic E-state index is -0.216. The van der Waals surface area contributed by atoms with Crippen LogP contribution >= 0.6 is 0 Å². The van der Waals surface area contributed by atoms with Crippen molar-refractivity contribution in [1.82, 2.24) is 0 Å². The second-order valence-electron chi connectivity index (χ2n) is 5.51. The van der Waals surface area contributed by atoms with Gasteiger partial charge in [-0.1, -0.05) is 24.3 Å². The normalized spacial score (nSPS) is 16.5. The average molecular weight is 312 g/mol. The number of hydrogen-bond donors (Lipinski definition) is 2. The largest absolute Gasteiger partial charge is 0.497 e. The van der Waals surface area contributed by atoms with Gasteiger partial charge < -0.3 is 20.5 Å². The Balaban J connectivity index is 1.71. The summed E-state index contributed by atoms with van der Waals surface area (Å²) in [4.78, 5) is 12.4. The Morgan fingerprint density at radius 1 is 1.35 bits per heavy atom. The van der Waals surface area contributed by atoms with E-state index in [1.165, 1.54) is 5.56 Å². The van der Waals surface area contributed by atoms with E-state index in [-0.39, 0.29) is 18.4 Å². The fourth-order valence-corrected chi connectivity index (χ4v) is 2.79. The van der Waals surface area contributed by atoms with Gasteiger partial charge in [0.05, 0.1) is 37.6 Å². The molecule has 23 heavy (non-hydrogen) atoms. The summed E-state index contributed by atoms with van der Waals surface area (Å²) in [5.74, 6) is 0.514. The molecule has 0 aromatic heterocycles. The summed E-state index contributed by atoms with van der Waals surface area (Å²) in [6.07, 6.45) is 0.928. The molecule has 1 aliphatic heterocycles. The molecule has 0 radical (unpaired) electrons. The molecule has 1 atom stereocenters. The highest BCUT2D eigenvalue weighted by Gasteiger charge is 2.23. The van der Waals surface area contributed by atoms with Gasteiger partial charge in [-0.25, -0.2) is 0 Å². The van der Waals surface area contributed by atoms with E-state index in [2.05, 4.69) is 11.4 Å². The summed E-state index contributed by atoms with van der Waals surface area (Å²) in [6.45, 7) is 0.635. The molecule has 1 aliphatic rings. The van der Waals surface area contributed by atoms with Crippen molar-refractivity contribution in [3.8, 4) is 5.75 Å². The van der Waals surface area contributed by atoms with E-state index in [9.17, 15) is 4.79 Å². The Kier molecular flexibility index (Phi) is 4.48. The van der Waals surface area contributed by atoms with Crippen LogP contribution in [0.3, 0.4) is 0 Å². The van der Waals surface area contributed by atoms with Gasteiger partial charge in [0.1, 0.15) is 5.75 Å². The molecule has 0 saturated carbocycles. The van der Waals surface area contributed by atoms with Crippen LogP contribution < -0.4 is 15.8 Å². The Morgan fingerprint density at radius 3 is 3.00 bits per heavy atom. The van der Waals surface area contributed by atoms with Crippen LogP contribution in [0.15, 0.2) is 42.5 Å². The first-order valence-electron chi connectivity index (χ1n) is 7.60. The van der Waals surface area contributed by atoms with Gasteiger partial charge in [-0.05, 0) is 29.7 Å². The summed E-state index contributed by atoms with van der Waals surface area (Å²) in [5, 5.41) is 2.84. The maximum atomic E-state index is 12.4. The molecule has 1 heterocycles. The number of anilines is 2. The molecule has 3 N–H and O–H groups in total. The summed E-state index contributed by atoms with van der Waals surface area (Å²) in [5.41, 5.74) is 9.30. The molecule has 5 heteroatoms. The fraction of sp³-hybridized carbons (Fsp3) is 0.278. The Morgan fingerprint density at radius 2 is 2.17 bits per heavy atom. The number of rotatable bonds is 4. The van der Waals surface area contributed by atoms with E-state index in [1.54, 1.807) is 25.3 Å². The van der Waals surface area contributed by atoms with Crippen LogP contribution in [0.25, 0.3) is 0 Å². The number of carbonyl (C=O) groups excluding carboxylic acids is 1. The summed E-state index contributed by atoms with van der Waals surface area (Å²) >= 11 is 0. The zero-order chi connectivity index (χ0) is 16.2. The molecule has 0 saturated heterocycles. The van der Waals surface area contributed by atoms with Crippen LogP contribution in [0, 0.1) is 0 Å². The van der Waals surface area contributed by atoms with Gasteiger partial charge in [0.2, 0.25) is 5.91 Å². The minimum absolute atomic E-state index is 0.133. The maximum absolute atomic E-state index is 12.4. The molecular weight excluding hydrogens is 292 g/mol. The molecule has 2 aromatic carbocycles. The van der Waals surface area contributed by atoms with Crippen molar-refractivity contribution in [2.75, 3.05) is 24.8 Å². The lowest BCUT2D eigenvalue weighted by Gasteiger charge is -2.25. The Bertz CT molecular complexity index is 715. The van der Waals surface area contributed by atoms with Gasteiger partial charge >= 0.3 is 0 Å². The Hall–Kier alpha value is -2.53. The summed E-state index contributed by atoms with van der Waals surface area (Å²) in [7, 11) is 1.57. The number of fused-ring (bicyclic) bond motifs is 1. The standard InChI is InChI=1S/C18H20N2O3/c1-22-13-6-7-15(19)16(10-13)20-18(21)11-17-14-5-3-2-4-12(14)8-9-23-17/h2-7,10,17H,8-9,11,19H2,1H3,(H,20,21). The third-order valence-electron chi connectivity index (χ3n) is 4.00. The first kappa shape index (κ1) is 15.4. The number of amides is 1. The molecule has 0 aliphatic carbocycles. The van der Waals surface area contributed by atoms with Gasteiger partial charge in [-0.3, -0.25) is 4.79 Å². The molecule has 0 bridgehead atoms. The van der Waals surface area contributed by atoms with E-state index >= 15 is 0 Å². The zero-order valence-electron chi connectivity index (χ0n) is 13.0. The second kappa shape index (κ2) is 6.71. The highest BCUT2D eigenvalue weighted by molar-refractivity contribution is 5.94. The van der Waals surface area contributed by atoms with Crippen molar-refractivity contribution in [3.05, 3.63) is 53.6 Å². The molecule has 3 rings (SSSR count). The lowest BCUT2D eigenvalue weighted by atomic mass is 9.95. The number of carbonyl (C=O) groups is 1. The number of nitrogens with one attached hydrogen (secondary N) is 1. The highest BCUT2D eigenvalue weighted by atomic mass is 16.5. The molecule has 5 nitrogen and oxygen atoms in total. The minimum Gasteiger partial charge on any atom is -0.497 e. The number of methoxy groups -OCH3 is 1. The number of nitrogens with two attached hydrogens (primary N) is 1. The predicted octanol–water partition coefficient (Wildman–Crippen LogP) is 2.92. The fourth-order valence-electron chi connectivity index (χ4n) is 2.79. The second-order valence-corrected chi connectivity index (χ2v) is 5.51. The SMILES string of the molecule is COc1ccc(N)c(NC(=O)CC2OCCc3ccccc32)c1. The molecule has 1 unspecified atom stereocenters. The predicted molar refractivity (Wildman–Crippen MR) is 89.5 cm³/mol. The number of ether oxygens (including phenoxy) is 2. The quantitative estimate of drug-likeness (QED) is 0.851. The van der Waals surface area contributed by atoms with Gasteiger partial charge in [0.15, 0.2) is 0 Å².